The van der Waals surface area contributed by atoms with Gasteiger partial charge in [-0.05, 0) is 35.1 Å². The van der Waals surface area contributed by atoms with Gasteiger partial charge in [-0.15, -0.1) is 0 Å². The van der Waals surface area contributed by atoms with E-state index in [4.69, 9.17) is 0 Å². The average Bonchev–Trinajstić information content (AvgIpc) is 2.64. The first-order chi connectivity index (χ1) is 11.7. The molecule has 2 aromatic rings. The first kappa shape index (κ1) is 18.7. The molecule has 2 rings (SSSR count). The Bertz CT molecular complexity index is 531. The fraction of sp³-hybridized carbons (Fsp3) is 0.455. The normalized spacial score (nSPS) is 13.7. The summed E-state index contributed by atoms with van der Waals surface area (Å²) in [4.78, 5) is 0. The quantitative estimate of drug-likeness (QED) is 0.611. The summed E-state index contributed by atoms with van der Waals surface area (Å²) in [5.74, 6) is 0. The molecule has 0 aliphatic rings. The number of unbranched alkanes of at least 4 members (excludes halogenated alkanes) is 2. The van der Waals surface area contributed by atoms with Crippen LogP contribution >= 0.6 is 0 Å². The maximum Gasteiger partial charge on any atom is 0.0790 e. The van der Waals surface area contributed by atoms with Gasteiger partial charge in [0.15, 0.2) is 0 Å². The molecule has 0 fully saturated rings. The van der Waals surface area contributed by atoms with Gasteiger partial charge >= 0.3 is 0 Å². The lowest BCUT2D eigenvalue weighted by Gasteiger charge is -2.13. The fourth-order valence-electron chi connectivity index (χ4n) is 2.92. The number of rotatable bonds is 9. The van der Waals surface area contributed by atoms with Crippen molar-refractivity contribution in [3.8, 4) is 11.1 Å². The topological polar surface area (TPSA) is 40.5 Å². The van der Waals surface area contributed by atoms with Crippen molar-refractivity contribution in [1.82, 2.24) is 0 Å². The number of aliphatic hydroxyl groups excluding tert-OH is 2. The highest BCUT2D eigenvalue weighted by Gasteiger charge is 2.09. The molecule has 130 valence electrons. The van der Waals surface area contributed by atoms with Gasteiger partial charge in [0.2, 0.25) is 0 Å². The van der Waals surface area contributed by atoms with E-state index in [0.717, 1.165) is 60.8 Å². The number of benzene rings is 2. The molecule has 0 heterocycles. The van der Waals surface area contributed by atoms with Crippen LogP contribution in [0, 0.1) is 0 Å². The van der Waals surface area contributed by atoms with Crippen molar-refractivity contribution in [2.24, 2.45) is 0 Å². The highest BCUT2D eigenvalue weighted by molar-refractivity contribution is 5.64. The van der Waals surface area contributed by atoms with Crippen molar-refractivity contribution >= 4 is 0 Å². The number of hydrogen-bond acceptors (Lipinski definition) is 2. The van der Waals surface area contributed by atoms with Crippen LogP contribution in [0.15, 0.2) is 48.5 Å². The first-order valence-corrected chi connectivity index (χ1v) is 9.22. The molecule has 0 saturated carbocycles. The van der Waals surface area contributed by atoms with Gasteiger partial charge in [0.1, 0.15) is 0 Å². The Hall–Kier alpha value is -1.64. The third kappa shape index (κ3) is 5.19. The Morgan fingerprint density at radius 3 is 1.25 bits per heavy atom. The molecule has 24 heavy (non-hydrogen) atoms. The molecule has 2 atom stereocenters. The van der Waals surface area contributed by atoms with Crippen LogP contribution < -0.4 is 0 Å². The Morgan fingerprint density at radius 1 is 0.625 bits per heavy atom. The predicted molar refractivity (Wildman–Crippen MR) is 101 cm³/mol. The van der Waals surface area contributed by atoms with Crippen molar-refractivity contribution in [1.29, 1.82) is 0 Å². The monoisotopic (exact) mass is 326 g/mol. The van der Waals surface area contributed by atoms with Gasteiger partial charge in [-0.2, -0.15) is 0 Å². The highest BCUT2D eigenvalue weighted by Crippen LogP contribution is 2.26. The smallest absolute Gasteiger partial charge is 0.0790 e. The molecule has 0 spiro atoms. The third-order valence-corrected chi connectivity index (χ3v) is 4.59. The summed E-state index contributed by atoms with van der Waals surface area (Å²) < 4.78 is 0. The van der Waals surface area contributed by atoms with Gasteiger partial charge in [0.05, 0.1) is 12.2 Å². The molecule has 0 bridgehead atoms. The van der Waals surface area contributed by atoms with Crippen LogP contribution in [0.4, 0.5) is 0 Å². The Balaban J connectivity index is 2.03. The van der Waals surface area contributed by atoms with E-state index in [0.29, 0.717) is 0 Å². The number of aliphatic hydroxyl groups is 2. The van der Waals surface area contributed by atoms with Gasteiger partial charge < -0.3 is 10.2 Å². The Morgan fingerprint density at radius 2 is 0.958 bits per heavy atom. The highest BCUT2D eigenvalue weighted by atomic mass is 16.3. The van der Waals surface area contributed by atoms with E-state index < -0.39 is 0 Å². The summed E-state index contributed by atoms with van der Waals surface area (Å²) in [5, 5.41) is 20.3. The van der Waals surface area contributed by atoms with E-state index in [1.165, 1.54) is 0 Å². The SMILES string of the molecule is CCCC[C@@H](O)c1ccc(-c2ccc([C@H](O)CCCC)cc2)cc1. The van der Waals surface area contributed by atoms with E-state index in [2.05, 4.69) is 38.1 Å². The van der Waals surface area contributed by atoms with Gasteiger partial charge in [-0.3, -0.25) is 0 Å². The van der Waals surface area contributed by atoms with Gasteiger partial charge in [-0.25, -0.2) is 0 Å². The second-order valence-corrected chi connectivity index (χ2v) is 6.56. The predicted octanol–water partition coefficient (Wildman–Crippen LogP) is 5.80. The average molecular weight is 326 g/mol. The van der Waals surface area contributed by atoms with Gasteiger partial charge in [-0.1, -0.05) is 88.1 Å². The standard InChI is InChI=1S/C22H30O2/c1-3-5-7-21(23)19-13-9-17(10-14-19)18-11-15-20(16-12-18)22(24)8-6-4-2/h9-16,21-24H,3-8H2,1-2H3/t21-,22-/m1/s1. The summed E-state index contributed by atoms with van der Waals surface area (Å²) in [5.41, 5.74) is 4.24. The zero-order valence-corrected chi connectivity index (χ0v) is 14.9. The molecule has 2 N–H and O–H groups in total. The lowest BCUT2D eigenvalue weighted by molar-refractivity contribution is 0.164. The lowest BCUT2D eigenvalue weighted by atomic mass is 9.97. The van der Waals surface area contributed by atoms with Crippen LogP contribution in [0.2, 0.25) is 0 Å². The molecule has 0 aromatic heterocycles. The second-order valence-electron chi connectivity index (χ2n) is 6.56. The zero-order chi connectivity index (χ0) is 17.4. The van der Waals surface area contributed by atoms with Crippen LogP contribution in [-0.4, -0.2) is 10.2 Å². The number of hydrogen-bond donors (Lipinski definition) is 2. The van der Waals surface area contributed by atoms with E-state index in [-0.39, 0.29) is 12.2 Å². The minimum atomic E-state index is -0.366. The maximum absolute atomic E-state index is 10.2. The summed E-state index contributed by atoms with van der Waals surface area (Å²) in [6.45, 7) is 4.28. The fourth-order valence-corrected chi connectivity index (χ4v) is 2.92. The molecular formula is C22H30O2. The molecule has 0 unspecified atom stereocenters. The zero-order valence-electron chi connectivity index (χ0n) is 14.9. The molecule has 2 nitrogen and oxygen atoms in total. The van der Waals surface area contributed by atoms with Crippen LogP contribution in [-0.2, 0) is 0 Å². The van der Waals surface area contributed by atoms with Crippen LogP contribution in [0.3, 0.4) is 0 Å². The largest absolute Gasteiger partial charge is 0.388 e. The Labute approximate surface area is 146 Å². The van der Waals surface area contributed by atoms with Gasteiger partial charge in [0.25, 0.3) is 0 Å². The van der Waals surface area contributed by atoms with Crippen molar-refractivity contribution < 1.29 is 10.2 Å². The minimum Gasteiger partial charge on any atom is -0.388 e. The van der Waals surface area contributed by atoms with E-state index in [1.807, 2.05) is 24.3 Å². The molecule has 0 amide bonds. The van der Waals surface area contributed by atoms with Crippen molar-refractivity contribution in [2.45, 2.75) is 64.6 Å². The molecular weight excluding hydrogens is 296 g/mol. The molecule has 2 aromatic carbocycles. The summed E-state index contributed by atoms with van der Waals surface area (Å²) in [6.07, 6.45) is 5.21. The summed E-state index contributed by atoms with van der Waals surface area (Å²) in [6, 6.07) is 16.3. The molecule has 0 saturated heterocycles. The van der Waals surface area contributed by atoms with Crippen LogP contribution in [0.25, 0.3) is 11.1 Å². The summed E-state index contributed by atoms with van der Waals surface area (Å²) >= 11 is 0. The Kier molecular flexibility index (Phi) is 7.48. The van der Waals surface area contributed by atoms with Crippen molar-refractivity contribution in [2.75, 3.05) is 0 Å². The third-order valence-electron chi connectivity index (χ3n) is 4.59. The summed E-state index contributed by atoms with van der Waals surface area (Å²) in [7, 11) is 0. The van der Waals surface area contributed by atoms with E-state index >= 15 is 0 Å². The molecule has 0 aliphatic heterocycles. The minimum absolute atomic E-state index is 0.366. The van der Waals surface area contributed by atoms with Crippen molar-refractivity contribution in [3.63, 3.8) is 0 Å². The maximum atomic E-state index is 10.2. The molecule has 0 aliphatic carbocycles. The van der Waals surface area contributed by atoms with Crippen molar-refractivity contribution in [3.05, 3.63) is 59.7 Å². The lowest BCUT2D eigenvalue weighted by Crippen LogP contribution is -1.97. The first-order valence-electron chi connectivity index (χ1n) is 9.22. The van der Waals surface area contributed by atoms with E-state index in [9.17, 15) is 10.2 Å². The van der Waals surface area contributed by atoms with Crippen LogP contribution in [0.5, 0.6) is 0 Å². The molecule has 0 radical (unpaired) electrons. The van der Waals surface area contributed by atoms with Gasteiger partial charge in [0, 0.05) is 0 Å². The second kappa shape index (κ2) is 9.61. The van der Waals surface area contributed by atoms with Crippen LogP contribution in [0.1, 0.15) is 75.7 Å². The van der Waals surface area contributed by atoms with E-state index in [1.54, 1.807) is 0 Å². The molecule has 2 heteroatoms.